The second kappa shape index (κ2) is 7.32. The van der Waals surface area contributed by atoms with Gasteiger partial charge in [0.25, 0.3) is 11.2 Å². The number of aryl methyl sites for hydroxylation is 1. The smallest absolute Gasteiger partial charge is 0.270 e. The summed E-state index contributed by atoms with van der Waals surface area (Å²) in [5, 5.41) is 21.2. The molecule has 1 N–H and O–H groups in total. The second-order valence-corrected chi connectivity index (χ2v) is 5.94. The monoisotopic (exact) mass is 355 g/mol. The summed E-state index contributed by atoms with van der Waals surface area (Å²) in [7, 11) is 0. The minimum absolute atomic E-state index is 0.00285. The largest absolute Gasteiger partial charge is 0.491 e. The van der Waals surface area contributed by atoms with E-state index in [1.165, 1.54) is 29.1 Å². The van der Waals surface area contributed by atoms with Crippen molar-refractivity contribution in [3.05, 3.63) is 74.8 Å². The Morgan fingerprint density at radius 2 is 2.12 bits per heavy atom. The topological polar surface area (TPSA) is 107 Å². The lowest BCUT2D eigenvalue weighted by Gasteiger charge is -2.14. The SMILES string of the molecule is Cc1cccc(OC[C@H](O)Cn2cnc3ccc([N+](=O)[O-])cc3c2=O)c1. The molecule has 8 nitrogen and oxygen atoms in total. The molecule has 0 radical (unpaired) electrons. The molecule has 1 atom stereocenters. The number of aliphatic hydroxyl groups excluding tert-OH is 1. The van der Waals surface area contributed by atoms with E-state index < -0.39 is 16.6 Å². The summed E-state index contributed by atoms with van der Waals surface area (Å²) in [5.74, 6) is 0.628. The zero-order valence-electron chi connectivity index (χ0n) is 14.0. The second-order valence-electron chi connectivity index (χ2n) is 5.94. The van der Waals surface area contributed by atoms with Gasteiger partial charge in [0.15, 0.2) is 0 Å². The molecule has 3 aromatic rings. The van der Waals surface area contributed by atoms with Crippen LogP contribution in [0.25, 0.3) is 10.9 Å². The molecule has 0 bridgehead atoms. The van der Waals surface area contributed by atoms with Gasteiger partial charge < -0.3 is 9.84 Å². The Bertz CT molecular complexity index is 1020. The number of fused-ring (bicyclic) bond motifs is 1. The van der Waals surface area contributed by atoms with Crippen LogP contribution in [0.1, 0.15) is 5.56 Å². The molecule has 3 rings (SSSR count). The van der Waals surface area contributed by atoms with Crippen molar-refractivity contribution >= 4 is 16.6 Å². The van der Waals surface area contributed by atoms with Gasteiger partial charge in [-0.3, -0.25) is 19.5 Å². The third kappa shape index (κ3) is 3.86. The van der Waals surface area contributed by atoms with Crippen molar-refractivity contribution in [1.82, 2.24) is 9.55 Å². The van der Waals surface area contributed by atoms with Gasteiger partial charge in [-0.1, -0.05) is 12.1 Å². The number of non-ortho nitro benzene ring substituents is 1. The van der Waals surface area contributed by atoms with Gasteiger partial charge in [-0.05, 0) is 30.7 Å². The first-order chi connectivity index (χ1) is 12.4. The highest BCUT2D eigenvalue weighted by Crippen LogP contribution is 2.16. The highest BCUT2D eigenvalue weighted by molar-refractivity contribution is 5.79. The van der Waals surface area contributed by atoms with Crippen LogP contribution in [0.4, 0.5) is 5.69 Å². The Balaban J connectivity index is 1.76. The molecule has 1 aromatic heterocycles. The molecule has 2 aromatic carbocycles. The summed E-state index contributed by atoms with van der Waals surface area (Å²) < 4.78 is 6.74. The summed E-state index contributed by atoms with van der Waals surface area (Å²) >= 11 is 0. The number of nitro groups is 1. The van der Waals surface area contributed by atoms with E-state index in [0.717, 1.165) is 5.56 Å². The third-order valence-electron chi connectivity index (χ3n) is 3.86. The maximum atomic E-state index is 12.5. The van der Waals surface area contributed by atoms with Gasteiger partial charge in [0.1, 0.15) is 18.5 Å². The summed E-state index contributed by atoms with van der Waals surface area (Å²) in [6.07, 6.45) is 0.373. The van der Waals surface area contributed by atoms with Crippen molar-refractivity contribution in [3.63, 3.8) is 0 Å². The molecular weight excluding hydrogens is 338 g/mol. The van der Waals surface area contributed by atoms with Crippen LogP contribution in [0.5, 0.6) is 5.75 Å². The Labute approximate surface area is 148 Å². The summed E-state index contributed by atoms with van der Waals surface area (Å²) in [5.41, 5.74) is 0.765. The fourth-order valence-corrected chi connectivity index (χ4v) is 2.57. The molecule has 0 unspecified atom stereocenters. The molecule has 8 heteroatoms. The normalized spacial score (nSPS) is 12.1. The van der Waals surface area contributed by atoms with Crippen molar-refractivity contribution in [1.29, 1.82) is 0 Å². The molecular formula is C18H17N3O5. The molecule has 134 valence electrons. The van der Waals surface area contributed by atoms with Crippen LogP contribution < -0.4 is 10.3 Å². The minimum Gasteiger partial charge on any atom is -0.491 e. The zero-order valence-corrected chi connectivity index (χ0v) is 14.0. The summed E-state index contributed by atoms with van der Waals surface area (Å²) in [4.78, 5) is 26.9. The van der Waals surface area contributed by atoms with Gasteiger partial charge >= 0.3 is 0 Å². The molecule has 0 saturated carbocycles. The van der Waals surface area contributed by atoms with Gasteiger partial charge in [0, 0.05) is 12.1 Å². The van der Waals surface area contributed by atoms with E-state index in [-0.39, 0.29) is 24.2 Å². The van der Waals surface area contributed by atoms with Crippen molar-refractivity contribution in [2.75, 3.05) is 6.61 Å². The average molecular weight is 355 g/mol. The maximum Gasteiger partial charge on any atom is 0.270 e. The van der Waals surface area contributed by atoms with E-state index in [9.17, 15) is 20.0 Å². The fourth-order valence-electron chi connectivity index (χ4n) is 2.57. The number of hydrogen-bond acceptors (Lipinski definition) is 6. The van der Waals surface area contributed by atoms with E-state index >= 15 is 0 Å². The number of rotatable bonds is 6. The van der Waals surface area contributed by atoms with Crippen LogP contribution in [0.3, 0.4) is 0 Å². The third-order valence-corrected chi connectivity index (χ3v) is 3.86. The number of hydrogen-bond donors (Lipinski definition) is 1. The van der Waals surface area contributed by atoms with Crippen LogP contribution in [-0.2, 0) is 6.54 Å². The Morgan fingerprint density at radius 3 is 2.85 bits per heavy atom. The van der Waals surface area contributed by atoms with E-state index in [1.807, 2.05) is 25.1 Å². The van der Waals surface area contributed by atoms with Gasteiger partial charge in [-0.2, -0.15) is 0 Å². The first-order valence-corrected chi connectivity index (χ1v) is 7.95. The molecule has 26 heavy (non-hydrogen) atoms. The van der Waals surface area contributed by atoms with E-state index in [2.05, 4.69) is 4.98 Å². The summed E-state index contributed by atoms with van der Waals surface area (Å²) in [6.45, 7) is 1.90. The number of aromatic nitrogens is 2. The molecule has 1 heterocycles. The van der Waals surface area contributed by atoms with Crippen LogP contribution >= 0.6 is 0 Å². The van der Waals surface area contributed by atoms with Crippen molar-refractivity contribution in [3.8, 4) is 5.75 Å². The van der Waals surface area contributed by atoms with Crippen LogP contribution in [-0.4, -0.2) is 32.3 Å². The molecule has 0 aliphatic carbocycles. The Morgan fingerprint density at radius 1 is 1.31 bits per heavy atom. The van der Waals surface area contributed by atoms with Gasteiger partial charge in [0.05, 0.1) is 28.7 Å². The van der Waals surface area contributed by atoms with Crippen LogP contribution in [0.2, 0.25) is 0 Å². The van der Waals surface area contributed by atoms with Gasteiger partial charge in [-0.25, -0.2) is 4.98 Å². The quantitative estimate of drug-likeness (QED) is 0.536. The van der Waals surface area contributed by atoms with E-state index in [1.54, 1.807) is 6.07 Å². The minimum atomic E-state index is -0.939. The number of ether oxygens (including phenoxy) is 1. The number of aliphatic hydroxyl groups is 1. The average Bonchev–Trinajstić information content (AvgIpc) is 2.62. The number of nitrogens with zero attached hydrogens (tertiary/aromatic N) is 3. The predicted octanol–water partition coefficient (Wildman–Crippen LogP) is 2.05. The Kier molecular flexibility index (Phi) is 4.94. The molecule has 0 amide bonds. The number of benzene rings is 2. The van der Waals surface area contributed by atoms with Crippen molar-refractivity contribution in [2.45, 2.75) is 19.6 Å². The molecule has 0 aliphatic heterocycles. The molecule has 0 spiro atoms. The van der Waals surface area contributed by atoms with Gasteiger partial charge in [0.2, 0.25) is 0 Å². The first-order valence-electron chi connectivity index (χ1n) is 7.95. The zero-order chi connectivity index (χ0) is 18.7. The van der Waals surface area contributed by atoms with Crippen LogP contribution in [0, 0.1) is 17.0 Å². The lowest BCUT2D eigenvalue weighted by atomic mass is 10.2. The lowest BCUT2D eigenvalue weighted by molar-refractivity contribution is -0.384. The molecule has 0 fully saturated rings. The predicted molar refractivity (Wildman–Crippen MR) is 95.3 cm³/mol. The van der Waals surface area contributed by atoms with Gasteiger partial charge in [-0.15, -0.1) is 0 Å². The van der Waals surface area contributed by atoms with Crippen LogP contribution in [0.15, 0.2) is 53.6 Å². The fraction of sp³-hybridized carbons (Fsp3) is 0.222. The lowest BCUT2D eigenvalue weighted by Crippen LogP contribution is -2.30. The van der Waals surface area contributed by atoms with E-state index in [4.69, 9.17) is 4.74 Å². The Hall–Kier alpha value is -3.26. The van der Waals surface area contributed by atoms with E-state index in [0.29, 0.717) is 11.3 Å². The first kappa shape index (κ1) is 17.6. The van der Waals surface area contributed by atoms with Crippen molar-refractivity contribution < 1.29 is 14.8 Å². The highest BCUT2D eigenvalue weighted by Gasteiger charge is 2.13. The maximum absolute atomic E-state index is 12.5. The molecule has 0 aliphatic rings. The molecule has 0 saturated heterocycles. The summed E-state index contributed by atoms with van der Waals surface area (Å²) in [6, 6.07) is 11.3. The standard InChI is InChI=1S/C18H17N3O5/c1-12-3-2-4-15(7-12)26-10-14(22)9-20-11-19-17-6-5-13(21(24)25)8-16(17)18(20)23/h2-8,11,14,22H,9-10H2,1H3/t14-/m1/s1. The number of nitro benzene ring substituents is 1. The highest BCUT2D eigenvalue weighted by atomic mass is 16.6. The van der Waals surface area contributed by atoms with Crippen molar-refractivity contribution in [2.24, 2.45) is 0 Å².